The molecule has 28 heavy (non-hydrogen) atoms. The molecule has 2 amide bonds. The van der Waals surface area contributed by atoms with Crippen LogP contribution >= 0.6 is 11.3 Å². The number of carbonyl (C=O) groups excluding carboxylic acids is 2. The Hall–Kier alpha value is -3.39. The number of carbonyl (C=O) groups is 2. The molecule has 1 heterocycles. The normalized spacial score (nSPS) is 10.2. The number of aromatic nitrogens is 1. The first-order valence-corrected chi connectivity index (χ1v) is 9.29. The minimum atomic E-state index is -0.242. The van der Waals surface area contributed by atoms with Crippen LogP contribution < -0.4 is 20.1 Å². The zero-order valence-corrected chi connectivity index (χ0v) is 16.2. The van der Waals surface area contributed by atoms with Crippen LogP contribution in [0.25, 0.3) is 0 Å². The molecule has 3 aromatic rings. The van der Waals surface area contributed by atoms with E-state index < -0.39 is 0 Å². The van der Waals surface area contributed by atoms with Crippen molar-refractivity contribution in [1.82, 2.24) is 4.98 Å². The van der Waals surface area contributed by atoms with E-state index in [2.05, 4.69) is 15.6 Å². The zero-order valence-electron chi connectivity index (χ0n) is 15.4. The van der Waals surface area contributed by atoms with E-state index >= 15 is 0 Å². The fourth-order valence-electron chi connectivity index (χ4n) is 2.47. The number of amides is 2. The summed E-state index contributed by atoms with van der Waals surface area (Å²) in [4.78, 5) is 28.8. The van der Waals surface area contributed by atoms with Gasteiger partial charge in [0.1, 0.15) is 11.5 Å². The number of rotatable bonds is 7. The Morgan fingerprint density at radius 3 is 2.54 bits per heavy atom. The highest BCUT2D eigenvalue weighted by Crippen LogP contribution is 2.29. The second-order valence-corrected chi connectivity index (χ2v) is 6.61. The SMILES string of the molecule is COc1ccc(NC(=O)Cc2csc(NC(=O)c3ccccc3)n2)c(OC)c1. The van der Waals surface area contributed by atoms with E-state index in [1.54, 1.807) is 55.0 Å². The molecule has 0 saturated heterocycles. The van der Waals surface area contributed by atoms with E-state index in [0.717, 1.165) is 0 Å². The molecule has 0 fully saturated rings. The summed E-state index contributed by atoms with van der Waals surface area (Å²) in [7, 11) is 3.08. The summed E-state index contributed by atoms with van der Waals surface area (Å²) >= 11 is 1.27. The van der Waals surface area contributed by atoms with Crippen LogP contribution in [0.3, 0.4) is 0 Å². The summed E-state index contributed by atoms with van der Waals surface area (Å²) < 4.78 is 10.4. The number of nitrogens with one attached hydrogen (secondary N) is 2. The van der Waals surface area contributed by atoms with Gasteiger partial charge in [0.2, 0.25) is 5.91 Å². The van der Waals surface area contributed by atoms with Crippen molar-refractivity contribution in [2.45, 2.75) is 6.42 Å². The number of methoxy groups -OCH3 is 2. The van der Waals surface area contributed by atoms with Crippen LogP contribution in [-0.2, 0) is 11.2 Å². The summed E-state index contributed by atoms with van der Waals surface area (Å²) in [5.74, 6) is 0.651. The molecule has 0 aliphatic carbocycles. The third-order valence-corrected chi connectivity index (χ3v) is 4.64. The Morgan fingerprint density at radius 2 is 1.82 bits per heavy atom. The van der Waals surface area contributed by atoms with Gasteiger partial charge >= 0.3 is 0 Å². The highest BCUT2D eigenvalue weighted by Gasteiger charge is 2.13. The van der Waals surface area contributed by atoms with Gasteiger partial charge < -0.3 is 14.8 Å². The van der Waals surface area contributed by atoms with Gasteiger partial charge in [0, 0.05) is 17.0 Å². The highest BCUT2D eigenvalue weighted by molar-refractivity contribution is 7.14. The minimum Gasteiger partial charge on any atom is -0.497 e. The Bertz CT molecular complexity index is 973. The number of anilines is 2. The van der Waals surface area contributed by atoms with Crippen LogP contribution in [-0.4, -0.2) is 31.0 Å². The van der Waals surface area contributed by atoms with E-state index in [1.165, 1.54) is 18.4 Å². The van der Waals surface area contributed by atoms with Crippen LogP contribution in [0.4, 0.5) is 10.8 Å². The predicted molar refractivity (Wildman–Crippen MR) is 108 cm³/mol. The van der Waals surface area contributed by atoms with Crippen LogP contribution in [0.2, 0.25) is 0 Å². The van der Waals surface area contributed by atoms with Crippen LogP contribution in [0.15, 0.2) is 53.9 Å². The molecule has 0 unspecified atom stereocenters. The number of nitrogens with zero attached hydrogens (tertiary/aromatic N) is 1. The molecular weight excluding hydrogens is 378 g/mol. The Labute approximate surface area is 166 Å². The first-order chi connectivity index (χ1) is 13.6. The van der Waals surface area contributed by atoms with Gasteiger partial charge in [-0.05, 0) is 24.3 Å². The fraction of sp³-hybridized carbons (Fsp3) is 0.150. The number of hydrogen-bond acceptors (Lipinski definition) is 6. The number of hydrogen-bond donors (Lipinski definition) is 2. The first-order valence-electron chi connectivity index (χ1n) is 8.41. The van der Waals surface area contributed by atoms with Crippen LogP contribution in [0.1, 0.15) is 16.1 Å². The van der Waals surface area contributed by atoms with Gasteiger partial charge in [0.05, 0.1) is 32.0 Å². The smallest absolute Gasteiger partial charge is 0.257 e. The maximum absolute atomic E-state index is 12.3. The van der Waals surface area contributed by atoms with Crippen molar-refractivity contribution in [2.24, 2.45) is 0 Å². The third kappa shape index (κ3) is 4.86. The van der Waals surface area contributed by atoms with Crippen molar-refractivity contribution in [3.63, 3.8) is 0 Å². The lowest BCUT2D eigenvalue weighted by Crippen LogP contribution is -2.15. The van der Waals surface area contributed by atoms with E-state index in [4.69, 9.17) is 9.47 Å². The number of ether oxygens (including phenoxy) is 2. The molecule has 2 aromatic carbocycles. The molecule has 0 radical (unpaired) electrons. The van der Waals surface area contributed by atoms with Gasteiger partial charge in [0.15, 0.2) is 5.13 Å². The first kappa shape index (κ1) is 19.4. The number of benzene rings is 2. The standard InChI is InChI=1S/C20H19N3O4S/c1-26-15-8-9-16(17(11-15)27-2)22-18(24)10-14-12-28-20(21-14)23-19(25)13-6-4-3-5-7-13/h3-9,11-12H,10H2,1-2H3,(H,22,24)(H,21,23,25). The quantitative estimate of drug-likeness (QED) is 0.636. The molecule has 0 aliphatic heterocycles. The van der Waals surface area contributed by atoms with Crippen LogP contribution in [0, 0.1) is 0 Å². The molecular formula is C20H19N3O4S. The second-order valence-electron chi connectivity index (χ2n) is 5.76. The molecule has 0 aliphatic rings. The fourth-order valence-corrected chi connectivity index (χ4v) is 3.17. The molecule has 144 valence electrons. The summed E-state index contributed by atoms with van der Waals surface area (Å²) in [5, 5.41) is 7.71. The molecule has 3 rings (SSSR count). The highest BCUT2D eigenvalue weighted by atomic mass is 32.1. The molecule has 2 N–H and O–H groups in total. The van der Waals surface area contributed by atoms with Gasteiger partial charge in [-0.2, -0.15) is 0 Å². The van der Waals surface area contributed by atoms with Gasteiger partial charge in [-0.25, -0.2) is 4.98 Å². The summed E-state index contributed by atoms with van der Waals surface area (Å²) in [6, 6.07) is 14.0. The van der Waals surface area contributed by atoms with Crippen molar-refractivity contribution in [3.8, 4) is 11.5 Å². The molecule has 0 spiro atoms. The van der Waals surface area contributed by atoms with E-state index in [9.17, 15) is 9.59 Å². The van der Waals surface area contributed by atoms with Gasteiger partial charge in [-0.3, -0.25) is 14.9 Å². The Morgan fingerprint density at radius 1 is 1.04 bits per heavy atom. The summed E-state index contributed by atoms with van der Waals surface area (Å²) in [6.45, 7) is 0. The molecule has 1 aromatic heterocycles. The lowest BCUT2D eigenvalue weighted by Gasteiger charge is -2.11. The lowest BCUT2D eigenvalue weighted by atomic mass is 10.2. The van der Waals surface area contributed by atoms with Crippen molar-refractivity contribution >= 4 is 34.0 Å². The van der Waals surface area contributed by atoms with Crippen molar-refractivity contribution in [2.75, 3.05) is 24.9 Å². The van der Waals surface area contributed by atoms with Gasteiger partial charge in [-0.1, -0.05) is 18.2 Å². The van der Waals surface area contributed by atoms with E-state index in [0.29, 0.717) is 33.6 Å². The molecule has 8 heteroatoms. The van der Waals surface area contributed by atoms with Crippen molar-refractivity contribution < 1.29 is 19.1 Å². The van der Waals surface area contributed by atoms with E-state index in [1.807, 2.05) is 6.07 Å². The monoisotopic (exact) mass is 397 g/mol. The largest absolute Gasteiger partial charge is 0.497 e. The summed E-state index contributed by atoms with van der Waals surface area (Å²) in [5.41, 5.74) is 1.66. The minimum absolute atomic E-state index is 0.0763. The maximum atomic E-state index is 12.3. The summed E-state index contributed by atoms with van der Waals surface area (Å²) in [6.07, 6.45) is 0.0763. The average Bonchev–Trinajstić information content (AvgIpc) is 3.15. The van der Waals surface area contributed by atoms with Crippen molar-refractivity contribution in [3.05, 3.63) is 65.2 Å². The third-order valence-electron chi connectivity index (χ3n) is 3.83. The Balaban J connectivity index is 1.60. The van der Waals surface area contributed by atoms with E-state index in [-0.39, 0.29) is 18.2 Å². The molecule has 0 atom stereocenters. The number of thiazole rings is 1. The van der Waals surface area contributed by atoms with Crippen LogP contribution in [0.5, 0.6) is 11.5 Å². The maximum Gasteiger partial charge on any atom is 0.257 e. The lowest BCUT2D eigenvalue weighted by molar-refractivity contribution is -0.115. The predicted octanol–water partition coefficient (Wildman–Crippen LogP) is 3.59. The second kappa shape index (κ2) is 9.01. The zero-order chi connectivity index (χ0) is 19.9. The average molecular weight is 397 g/mol. The van der Waals surface area contributed by atoms with Crippen molar-refractivity contribution in [1.29, 1.82) is 0 Å². The topological polar surface area (TPSA) is 89.6 Å². The molecule has 0 saturated carbocycles. The Kier molecular flexibility index (Phi) is 6.23. The molecule has 7 nitrogen and oxygen atoms in total. The van der Waals surface area contributed by atoms with Gasteiger partial charge in [-0.15, -0.1) is 11.3 Å². The van der Waals surface area contributed by atoms with Gasteiger partial charge in [0.25, 0.3) is 5.91 Å². The molecule has 0 bridgehead atoms.